The van der Waals surface area contributed by atoms with E-state index in [9.17, 15) is 14.0 Å². The number of likely N-dealkylation sites (tertiary alicyclic amines) is 1. The molecule has 3 heterocycles. The molecule has 0 spiro atoms. The van der Waals surface area contributed by atoms with E-state index in [2.05, 4.69) is 20.3 Å². The van der Waals surface area contributed by atoms with Crippen molar-refractivity contribution < 1.29 is 27.8 Å². The van der Waals surface area contributed by atoms with E-state index in [1.807, 2.05) is 0 Å². The van der Waals surface area contributed by atoms with E-state index in [0.717, 1.165) is 32.1 Å². The van der Waals surface area contributed by atoms with Crippen LogP contribution in [0.1, 0.15) is 36.2 Å². The summed E-state index contributed by atoms with van der Waals surface area (Å²) < 4.78 is 49.1. The van der Waals surface area contributed by atoms with Gasteiger partial charge in [0.05, 0.1) is 30.1 Å². The van der Waals surface area contributed by atoms with Crippen molar-refractivity contribution in [1.29, 1.82) is 0 Å². The molecule has 1 aliphatic heterocycles. The number of para-hydroxylation sites is 2. The fourth-order valence-corrected chi connectivity index (χ4v) is 6.25. The number of halogens is 2. The molecule has 260 valence electrons. The second-order valence-corrected chi connectivity index (χ2v) is 12.2. The maximum atomic E-state index is 15.5. The predicted octanol–water partition coefficient (Wildman–Crippen LogP) is 7.52. The largest absolute Gasteiger partial charge is 0.493 e. The van der Waals surface area contributed by atoms with Crippen LogP contribution >= 0.6 is 0 Å². The highest BCUT2D eigenvalue weighted by atomic mass is 19.1. The molecule has 0 aliphatic carbocycles. The van der Waals surface area contributed by atoms with Crippen LogP contribution in [0, 0.1) is 11.6 Å². The first-order valence-corrected chi connectivity index (χ1v) is 16.8. The number of ether oxygens (including phenoxy) is 3. The van der Waals surface area contributed by atoms with E-state index in [4.69, 9.17) is 14.2 Å². The Morgan fingerprint density at radius 3 is 2.45 bits per heavy atom. The molecule has 0 saturated carbocycles. The number of aromatic nitrogens is 3. The van der Waals surface area contributed by atoms with Gasteiger partial charge >= 0.3 is 0 Å². The summed E-state index contributed by atoms with van der Waals surface area (Å²) in [6.45, 7) is 3.78. The van der Waals surface area contributed by atoms with Crippen LogP contribution in [0.3, 0.4) is 0 Å². The molecule has 6 aromatic rings. The second kappa shape index (κ2) is 14.9. The fraction of sp³-hybridized carbons (Fsp3) is 0.231. The Morgan fingerprint density at radius 2 is 1.65 bits per heavy atom. The number of fused-ring (bicyclic) bond motifs is 2. The Labute approximate surface area is 292 Å². The Balaban J connectivity index is 1.09. The molecule has 1 N–H and O–H groups in total. The van der Waals surface area contributed by atoms with Gasteiger partial charge in [0.1, 0.15) is 17.3 Å². The average molecular weight is 692 g/mol. The molecular weight excluding hydrogens is 656 g/mol. The van der Waals surface area contributed by atoms with E-state index >= 15 is 4.39 Å². The Hall–Kier alpha value is -5.88. The molecule has 2 aromatic heterocycles. The zero-order valence-corrected chi connectivity index (χ0v) is 27.9. The Kier molecular flexibility index (Phi) is 9.84. The molecule has 10 nitrogen and oxygen atoms in total. The molecule has 0 radical (unpaired) electrons. The standard InChI is InChI=1S/C39H35F2N5O5/c1-49-35-23-27-30(24-36(35)50-21-9-20-45-18-7-2-8-19-45)42-17-16-33(27)51-34-15-14-25(22-29(34)41)43-39(48)37-38(47)26-10-3-5-12-31(26)46(44-37)32-13-6-4-11-28(32)40/h3-6,10-17,22-24H,2,7-9,18-21H2,1H3,(H,43,48). The number of amides is 1. The minimum atomic E-state index is -0.888. The van der Waals surface area contributed by atoms with Gasteiger partial charge in [-0.25, -0.2) is 13.5 Å². The lowest BCUT2D eigenvalue weighted by atomic mass is 10.1. The summed E-state index contributed by atoms with van der Waals surface area (Å²) >= 11 is 0. The number of piperidine rings is 1. The third-order valence-corrected chi connectivity index (χ3v) is 8.81. The number of rotatable bonds is 11. The molecule has 1 fully saturated rings. The van der Waals surface area contributed by atoms with Gasteiger partial charge in [0.15, 0.2) is 28.8 Å². The van der Waals surface area contributed by atoms with Crippen LogP contribution in [0.4, 0.5) is 14.5 Å². The number of hydrogen-bond acceptors (Lipinski definition) is 8. The summed E-state index contributed by atoms with van der Waals surface area (Å²) in [5.41, 5.74) is -0.122. The number of carbonyl (C=O) groups excluding carboxylic acids is 1. The summed E-state index contributed by atoms with van der Waals surface area (Å²) in [6, 6.07) is 21.4. The second-order valence-electron chi connectivity index (χ2n) is 12.2. The molecule has 0 unspecified atom stereocenters. The van der Waals surface area contributed by atoms with Crippen molar-refractivity contribution in [2.45, 2.75) is 25.7 Å². The van der Waals surface area contributed by atoms with Crippen molar-refractivity contribution in [3.8, 4) is 28.7 Å². The molecule has 1 amide bonds. The third kappa shape index (κ3) is 7.22. The number of nitrogens with one attached hydrogen (secondary N) is 1. The summed E-state index contributed by atoms with van der Waals surface area (Å²) in [4.78, 5) is 33.6. The number of carbonyl (C=O) groups is 1. The van der Waals surface area contributed by atoms with Crippen LogP contribution in [-0.2, 0) is 0 Å². The molecular formula is C39H35F2N5O5. The molecule has 7 rings (SSSR count). The zero-order valence-electron chi connectivity index (χ0n) is 27.9. The van der Waals surface area contributed by atoms with E-state index in [1.165, 1.54) is 60.3 Å². The number of methoxy groups -OCH3 is 1. The molecule has 12 heteroatoms. The van der Waals surface area contributed by atoms with Crippen molar-refractivity contribution in [2.75, 3.05) is 38.7 Å². The fourth-order valence-electron chi connectivity index (χ4n) is 6.25. The molecule has 0 bridgehead atoms. The molecule has 4 aromatic carbocycles. The van der Waals surface area contributed by atoms with Crippen LogP contribution in [0.5, 0.6) is 23.0 Å². The van der Waals surface area contributed by atoms with Gasteiger partial charge in [-0.1, -0.05) is 30.7 Å². The first-order valence-electron chi connectivity index (χ1n) is 16.8. The third-order valence-electron chi connectivity index (χ3n) is 8.81. The Morgan fingerprint density at radius 1 is 0.843 bits per heavy atom. The van der Waals surface area contributed by atoms with Gasteiger partial charge in [-0.05, 0) is 80.9 Å². The van der Waals surface area contributed by atoms with Crippen LogP contribution in [0.25, 0.3) is 27.5 Å². The quantitative estimate of drug-likeness (QED) is 0.139. The van der Waals surface area contributed by atoms with Crippen LogP contribution in [0.2, 0.25) is 0 Å². The monoisotopic (exact) mass is 691 g/mol. The van der Waals surface area contributed by atoms with Gasteiger partial charge in [-0.2, -0.15) is 5.10 Å². The van der Waals surface area contributed by atoms with Gasteiger partial charge in [0.25, 0.3) is 5.91 Å². The first kappa shape index (κ1) is 33.6. The van der Waals surface area contributed by atoms with E-state index in [1.54, 1.807) is 55.8 Å². The van der Waals surface area contributed by atoms with Gasteiger partial charge in [0.2, 0.25) is 5.43 Å². The smallest absolute Gasteiger partial charge is 0.280 e. The lowest BCUT2D eigenvalue weighted by Crippen LogP contribution is -2.31. The van der Waals surface area contributed by atoms with Crippen molar-refractivity contribution in [2.24, 2.45) is 0 Å². The zero-order chi connectivity index (χ0) is 35.3. The number of nitrogens with zero attached hydrogens (tertiary/aromatic N) is 4. The van der Waals surface area contributed by atoms with Crippen LogP contribution in [-0.4, -0.2) is 58.9 Å². The highest BCUT2D eigenvalue weighted by Gasteiger charge is 2.21. The summed E-state index contributed by atoms with van der Waals surface area (Å²) in [5, 5.41) is 7.51. The topological polar surface area (TPSA) is 108 Å². The number of pyridine rings is 1. The van der Waals surface area contributed by atoms with Crippen molar-refractivity contribution in [1.82, 2.24) is 19.7 Å². The van der Waals surface area contributed by atoms with Crippen molar-refractivity contribution >= 4 is 33.4 Å². The first-order chi connectivity index (χ1) is 24.9. The SMILES string of the molecule is COc1cc2c(Oc3ccc(NC(=O)c4nn(-c5ccccc5F)c5ccccc5c4=O)cc3F)ccnc2cc1OCCCN1CCCCC1. The normalized spacial score (nSPS) is 13.3. The van der Waals surface area contributed by atoms with E-state index < -0.39 is 28.7 Å². The minimum Gasteiger partial charge on any atom is -0.493 e. The maximum Gasteiger partial charge on any atom is 0.280 e. The van der Waals surface area contributed by atoms with Gasteiger partial charge in [-0.3, -0.25) is 14.6 Å². The van der Waals surface area contributed by atoms with Crippen molar-refractivity contribution in [3.63, 3.8) is 0 Å². The minimum absolute atomic E-state index is 0.0555. The summed E-state index contributed by atoms with van der Waals surface area (Å²) in [6.07, 6.45) is 6.23. The van der Waals surface area contributed by atoms with Crippen LogP contribution < -0.4 is 25.0 Å². The Bertz CT molecular complexity index is 2290. The van der Waals surface area contributed by atoms with Gasteiger partial charge < -0.3 is 24.4 Å². The lowest BCUT2D eigenvalue weighted by Gasteiger charge is -2.26. The lowest BCUT2D eigenvalue weighted by molar-refractivity contribution is 0.102. The maximum absolute atomic E-state index is 15.5. The van der Waals surface area contributed by atoms with Gasteiger partial charge in [0, 0.05) is 35.9 Å². The van der Waals surface area contributed by atoms with E-state index in [0.29, 0.717) is 40.3 Å². The highest BCUT2D eigenvalue weighted by molar-refractivity contribution is 6.04. The summed E-state index contributed by atoms with van der Waals surface area (Å²) in [5.74, 6) is -0.970. The number of hydrogen-bond donors (Lipinski definition) is 1. The molecule has 51 heavy (non-hydrogen) atoms. The molecule has 1 saturated heterocycles. The number of anilines is 1. The molecule has 0 atom stereocenters. The van der Waals surface area contributed by atoms with Crippen molar-refractivity contribution in [3.05, 3.63) is 119 Å². The molecule has 1 aliphatic rings. The number of benzene rings is 4. The summed E-state index contributed by atoms with van der Waals surface area (Å²) in [7, 11) is 1.55. The van der Waals surface area contributed by atoms with E-state index in [-0.39, 0.29) is 22.5 Å². The van der Waals surface area contributed by atoms with Gasteiger partial charge in [-0.15, -0.1) is 0 Å². The van der Waals surface area contributed by atoms with Crippen LogP contribution in [0.15, 0.2) is 95.9 Å². The average Bonchev–Trinajstić information content (AvgIpc) is 3.15. The predicted molar refractivity (Wildman–Crippen MR) is 190 cm³/mol. The highest BCUT2D eigenvalue weighted by Crippen LogP contribution is 2.38.